The Hall–Kier alpha value is -2.08. The van der Waals surface area contributed by atoms with Crippen LogP contribution in [-0.4, -0.2) is 49.5 Å². The van der Waals surface area contributed by atoms with Crippen molar-refractivity contribution < 1.29 is 14.3 Å². The molecule has 1 aromatic rings. The lowest BCUT2D eigenvalue weighted by atomic mass is 9.86. The van der Waals surface area contributed by atoms with Gasteiger partial charge in [-0.25, -0.2) is 0 Å². The molecule has 0 radical (unpaired) electrons. The number of ether oxygens (including phenoxy) is 1. The highest BCUT2D eigenvalue weighted by atomic mass is 16.5. The molecule has 0 heterocycles. The molecular formula is C20H31N3O3. The van der Waals surface area contributed by atoms with Gasteiger partial charge in [-0.1, -0.05) is 32.8 Å². The van der Waals surface area contributed by atoms with Crippen LogP contribution < -0.4 is 15.4 Å². The molecule has 0 aromatic heterocycles. The average molecular weight is 361 g/mol. The summed E-state index contributed by atoms with van der Waals surface area (Å²) in [6, 6.07) is 7.50. The molecule has 0 aliphatic heterocycles. The number of likely N-dealkylation sites (N-methyl/N-ethyl adjacent to an activating group) is 1. The summed E-state index contributed by atoms with van der Waals surface area (Å²) in [5.74, 6) is 1.08. The summed E-state index contributed by atoms with van der Waals surface area (Å²) in [5, 5.41) is 5.99. The number of nitrogens with zero attached hydrogens (tertiary/aromatic N) is 1. The van der Waals surface area contributed by atoms with Crippen molar-refractivity contribution in [3.63, 3.8) is 0 Å². The van der Waals surface area contributed by atoms with Gasteiger partial charge in [-0.15, -0.1) is 0 Å². The van der Waals surface area contributed by atoms with E-state index in [4.69, 9.17) is 4.74 Å². The molecule has 144 valence electrons. The van der Waals surface area contributed by atoms with E-state index >= 15 is 0 Å². The van der Waals surface area contributed by atoms with E-state index < -0.39 is 0 Å². The van der Waals surface area contributed by atoms with Crippen molar-refractivity contribution in [2.75, 3.05) is 32.1 Å². The van der Waals surface area contributed by atoms with Crippen molar-refractivity contribution in [3.05, 3.63) is 24.3 Å². The van der Waals surface area contributed by atoms with Crippen LogP contribution >= 0.6 is 0 Å². The standard InChI is InChI=1S/C20H31N3O3/c1-4-23(14-20(25)22-18-11-6-5-8-15(18)2)13-19(24)21-16-9-7-10-17(12-16)26-3/h7,9-10,12,15,18H,4-6,8,11,13-14H2,1-3H3,(H,21,24)(H,22,25)/t15-,18-/m0/s1. The lowest BCUT2D eigenvalue weighted by Gasteiger charge is -2.30. The first-order chi connectivity index (χ1) is 12.5. The molecule has 1 aromatic carbocycles. The van der Waals surface area contributed by atoms with Crippen molar-refractivity contribution in [2.24, 2.45) is 5.92 Å². The van der Waals surface area contributed by atoms with Crippen molar-refractivity contribution in [2.45, 2.75) is 45.6 Å². The molecule has 0 saturated heterocycles. The number of nitrogens with one attached hydrogen (secondary N) is 2. The molecule has 26 heavy (non-hydrogen) atoms. The van der Waals surface area contributed by atoms with E-state index in [1.54, 1.807) is 13.2 Å². The predicted molar refractivity (Wildman–Crippen MR) is 103 cm³/mol. The molecule has 6 nitrogen and oxygen atoms in total. The maximum atomic E-state index is 12.3. The smallest absolute Gasteiger partial charge is 0.238 e. The highest BCUT2D eigenvalue weighted by Crippen LogP contribution is 2.23. The van der Waals surface area contributed by atoms with E-state index in [9.17, 15) is 9.59 Å². The van der Waals surface area contributed by atoms with Gasteiger partial charge in [0, 0.05) is 17.8 Å². The fraction of sp³-hybridized carbons (Fsp3) is 0.600. The first-order valence-corrected chi connectivity index (χ1v) is 9.47. The van der Waals surface area contributed by atoms with Gasteiger partial charge in [-0.2, -0.15) is 0 Å². The van der Waals surface area contributed by atoms with Crippen LogP contribution in [0.3, 0.4) is 0 Å². The molecule has 0 unspecified atom stereocenters. The third kappa shape index (κ3) is 6.33. The van der Waals surface area contributed by atoms with E-state index in [0.717, 1.165) is 6.42 Å². The fourth-order valence-corrected chi connectivity index (χ4v) is 3.37. The minimum atomic E-state index is -0.140. The second-order valence-electron chi connectivity index (χ2n) is 7.02. The van der Waals surface area contributed by atoms with Crippen LogP contribution in [0.25, 0.3) is 0 Å². The molecule has 1 saturated carbocycles. The van der Waals surface area contributed by atoms with Gasteiger partial charge in [0.25, 0.3) is 0 Å². The van der Waals surface area contributed by atoms with Crippen LogP contribution in [0.4, 0.5) is 5.69 Å². The lowest BCUT2D eigenvalue weighted by Crippen LogP contribution is -2.47. The van der Waals surface area contributed by atoms with E-state index in [-0.39, 0.29) is 30.9 Å². The van der Waals surface area contributed by atoms with E-state index in [2.05, 4.69) is 17.6 Å². The number of hydrogen-bond donors (Lipinski definition) is 2. The molecule has 2 atom stereocenters. The van der Waals surface area contributed by atoms with E-state index in [1.807, 2.05) is 30.0 Å². The first kappa shape index (κ1) is 20.2. The molecule has 1 aliphatic rings. The zero-order valence-electron chi connectivity index (χ0n) is 16.1. The Balaban J connectivity index is 1.81. The van der Waals surface area contributed by atoms with Crippen LogP contribution in [0, 0.1) is 5.92 Å². The van der Waals surface area contributed by atoms with E-state index in [0.29, 0.717) is 23.9 Å². The Morgan fingerprint density at radius 3 is 2.62 bits per heavy atom. The Kier molecular flexibility index (Phi) is 7.91. The highest BCUT2D eigenvalue weighted by Gasteiger charge is 2.23. The number of hydrogen-bond acceptors (Lipinski definition) is 4. The maximum absolute atomic E-state index is 12.3. The summed E-state index contributed by atoms with van der Waals surface area (Å²) in [7, 11) is 1.59. The third-order valence-corrected chi connectivity index (χ3v) is 4.99. The minimum absolute atomic E-state index is 0.000203. The predicted octanol–water partition coefficient (Wildman–Crippen LogP) is 2.65. The van der Waals surface area contributed by atoms with Crippen LogP contribution in [0.15, 0.2) is 24.3 Å². The zero-order chi connectivity index (χ0) is 18.9. The molecule has 0 spiro atoms. The summed E-state index contributed by atoms with van der Waals surface area (Å²) >= 11 is 0. The van der Waals surface area contributed by atoms with Crippen molar-refractivity contribution in [1.82, 2.24) is 10.2 Å². The zero-order valence-corrected chi connectivity index (χ0v) is 16.1. The molecule has 2 rings (SSSR count). The maximum Gasteiger partial charge on any atom is 0.238 e. The molecule has 6 heteroatoms. The van der Waals surface area contributed by atoms with Gasteiger partial charge in [-0.05, 0) is 37.4 Å². The summed E-state index contributed by atoms with van der Waals surface area (Å²) in [5.41, 5.74) is 0.686. The first-order valence-electron chi connectivity index (χ1n) is 9.47. The topological polar surface area (TPSA) is 70.7 Å². The Labute approximate surface area is 156 Å². The van der Waals surface area contributed by atoms with Gasteiger partial charge in [-0.3, -0.25) is 14.5 Å². The Morgan fingerprint density at radius 2 is 1.92 bits per heavy atom. The summed E-state index contributed by atoms with van der Waals surface area (Å²) in [6.07, 6.45) is 4.65. The second-order valence-corrected chi connectivity index (χ2v) is 7.02. The number of benzene rings is 1. The van der Waals surface area contributed by atoms with Crippen molar-refractivity contribution in [3.8, 4) is 5.75 Å². The van der Waals surface area contributed by atoms with Crippen molar-refractivity contribution in [1.29, 1.82) is 0 Å². The molecule has 1 fully saturated rings. The number of anilines is 1. The van der Waals surface area contributed by atoms with Crippen LogP contribution in [0.1, 0.15) is 39.5 Å². The molecule has 0 bridgehead atoms. The normalized spacial score (nSPS) is 19.8. The van der Waals surface area contributed by atoms with Gasteiger partial charge in [0.2, 0.25) is 11.8 Å². The number of carbonyl (C=O) groups excluding carboxylic acids is 2. The van der Waals surface area contributed by atoms with Crippen LogP contribution in [0.5, 0.6) is 5.75 Å². The SMILES string of the molecule is CCN(CC(=O)Nc1cccc(OC)c1)CC(=O)N[C@H]1CCCC[C@@H]1C. The van der Waals surface area contributed by atoms with Gasteiger partial charge < -0.3 is 15.4 Å². The Bertz CT molecular complexity index is 606. The second kappa shape index (κ2) is 10.2. The third-order valence-electron chi connectivity index (χ3n) is 4.99. The van der Waals surface area contributed by atoms with Gasteiger partial charge >= 0.3 is 0 Å². The van der Waals surface area contributed by atoms with Crippen LogP contribution in [-0.2, 0) is 9.59 Å². The van der Waals surface area contributed by atoms with Gasteiger partial charge in [0.05, 0.1) is 20.2 Å². The average Bonchev–Trinajstić information content (AvgIpc) is 2.63. The van der Waals surface area contributed by atoms with Gasteiger partial charge in [0.15, 0.2) is 0 Å². The monoisotopic (exact) mass is 361 g/mol. The molecular weight excluding hydrogens is 330 g/mol. The number of amides is 2. The number of rotatable bonds is 8. The van der Waals surface area contributed by atoms with E-state index in [1.165, 1.54) is 19.3 Å². The van der Waals surface area contributed by atoms with Crippen molar-refractivity contribution >= 4 is 17.5 Å². The molecule has 2 amide bonds. The molecule has 1 aliphatic carbocycles. The quantitative estimate of drug-likeness (QED) is 0.747. The van der Waals surface area contributed by atoms with Gasteiger partial charge in [0.1, 0.15) is 5.75 Å². The summed E-state index contributed by atoms with van der Waals surface area (Å²) < 4.78 is 5.16. The fourth-order valence-electron chi connectivity index (χ4n) is 3.37. The molecule has 2 N–H and O–H groups in total. The minimum Gasteiger partial charge on any atom is -0.497 e. The van der Waals surface area contributed by atoms with Crippen LogP contribution in [0.2, 0.25) is 0 Å². The Morgan fingerprint density at radius 1 is 1.19 bits per heavy atom. The lowest BCUT2D eigenvalue weighted by molar-refractivity contribution is -0.124. The number of methoxy groups -OCH3 is 1. The summed E-state index contributed by atoms with van der Waals surface area (Å²) in [6.45, 7) is 5.21. The summed E-state index contributed by atoms with van der Waals surface area (Å²) in [4.78, 5) is 26.5. The largest absolute Gasteiger partial charge is 0.497 e. The number of carbonyl (C=O) groups is 2. The highest BCUT2D eigenvalue weighted by molar-refractivity contribution is 5.92.